The quantitative estimate of drug-likeness (QED) is 0.814. The summed E-state index contributed by atoms with van der Waals surface area (Å²) in [6.45, 7) is 2.54. The van der Waals surface area contributed by atoms with Crippen LogP contribution in [-0.2, 0) is 16.0 Å². The van der Waals surface area contributed by atoms with Gasteiger partial charge in [-0.05, 0) is 25.0 Å². The van der Waals surface area contributed by atoms with Crippen LogP contribution in [0.5, 0.6) is 0 Å². The number of carbonyl (C=O) groups excluding carboxylic acids is 2. The fraction of sp³-hybridized carbons (Fsp3) is 0.353. The van der Waals surface area contributed by atoms with Crippen molar-refractivity contribution in [1.29, 1.82) is 0 Å². The first-order chi connectivity index (χ1) is 11.7. The number of hydrogen-bond donors (Lipinski definition) is 2. The van der Waals surface area contributed by atoms with Crippen LogP contribution in [0.4, 0.5) is 10.8 Å². The number of para-hydroxylation sites is 1. The highest BCUT2D eigenvalue weighted by Gasteiger charge is 2.16. The fourth-order valence-corrected chi connectivity index (χ4v) is 3.47. The molecule has 1 saturated heterocycles. The SMILES string of the molecule is O=C(NCCc1csc(N2CCCC2)n1)C(=O)Nc1ccccc1. The molecule has 1 aromatic heterocycles. The zero-order valence-corrected chi connectivity index (χ0v) is 14.1. The van der Waals surface area contributed by atoms with Crippen LogP contribution >= 0.6 is 11.3 Å². The van der Waals surface area contributed by atoms with E-state index in [9.17, 15) is 9.59 Å². The number of thiazole rings is 1. The van der Waals surface area contributed by atoms with E-state index >= 15 is 0 Å². The Morgan fingerprint density at radius 3 is 2.62 bits per heavy atom. The number of amides is 2. The Kier molecular flexibility index (Phi) is 5.43. The van der Waals surface area contributed by atoms with Gasteiger partial charge in [-0.25, -0.2) is 4.98 Å². The molecular weight excluding hydrogens is 324 g/mol. The van der Waals surface area contributed by atoms with Crippen molar-refractivity contribution in [2.24, 2.45) is 0 Å². The van der Waals surface area contributed by atoms with Crippen molar-refractivity contribution in [3.63, 3.8) is 0 Å². The van der Waals surface area contributed by atoms with Crippen LogP contribution in [-0.4, -0.2) is 36.4 Å². The number of hydrogen-bond acceptors (Lipinski definition) is 5. The molecule has 24 heavy (non-hydrogen) atoms. The number of carbonyl (C=O) groups is 2. The monoisotopic (exact) mass is 344 g/mol. The van der Waals surface area contributed by atoms with Gasteiger partial charge in [0.2, 0.25) is 0 Å². The normalized spacial score (nSPS) is 13.8. The largest absolute Gasteiger partial charge is 0.348 e. The second-order valence-corrected chi connectivity index (χ2v) is 6.48. The molecule has 2 amide bonds. The van der Waals surface area contributed by atoms with E-state index in [0.717, 1.165) is 23.9 Å². The summed E-state index contributed by atoms with van der Waals surface area (Å²) in [5.41, 5.74) is 1.55. The van der Waals surface area contributed by atoms with E-state index in [-0.39, 0.29) is 0 Å². The van der Waals surface area contributed by atoms with E-state index in [0.29, 0.717) is 18.7 Å². The summed E-state index contributed by atoms with van der Waals surface area (Å²) in [7, 11) is 0. The van der Waals surface area contributed by atoms with Gasteiger partial charge in [-0.15, -0.1) is 11.3 Å². The predicted octanol–water partition coefficient (Wildman–Crippen LogP) is 2.04. The molecule has 7 heteroatoms. The molecule has 0 radical (unpaired) electrons. The van der Waals surface area contributed by atoms with E-state index < -0.39 is 11.8 Å². The summed E-state index contributed by atoms with van der Waals surface area (Å²) >= 11 is 1.64. The molecule has 1 fully saturated rings. The van der Waals surface area contributed by atoms with Gasteiger partial charge in [-0.2, -0.15) is 0 Å². The second-order valence-electron chi connectivity index (χ2n) is 5.64. The molecule has 1 aromatic carbocycles. The molecule has 2 aromatic rings. The zero-order chi connectivity index (χ0) is 16.8. The molecule has 0 unspecified atom stereocenters. The molecule has 3 rings (SSSR count). The van der Waals surface area contributed by atoms with Crippen LogP contribution in [0.25, 0.3) is 0 Å². The Balaban J connectivity index is 1.42. The van der Waals surface area contributed by atoms with Gasteiger partial charge in [0.15, 0.2) is 5.13 Å². The van der Waals surface area contributed by atoms with E-state index in [1.165, 1.54) is 12.8 Å². The molecule has 1 aliphatic rings. The summed E-state index contributed by atoms with van der Waals surface area (Å²) in [4.78, 5) is 30.5. The standard InChI is InChI=1S/C17H20N4O2S/c22-15(16(23)19-13-6-2-1-3-7-13)18-9-8-14-12-24-17(20-14)21-10-4-5-11-21/h1-3,6-7,12H,4-5,8-11H2,(H,18,22)(H,19,23). The average Bonchev–Trinajstić information content (AvgIpc) is 3.27. The molecule has 0 saturated carbocycles. The third-order valence-electron chi connectivity index (χ3n) is 3.82. The molecule has 0 atom stereocenters. The van der Waals surface area contributed by atoms with Gasteiger partial charge in [0.1, 0.15) is 0 Å². The van der Waals surface area contributed by atoms with Crippen LogP contribution in [0.2, 0.25) is 0 Å². The van der Waals surface area contributed by atoms with Crippen LogP contribution in [0.15, 0.2) is 35.7 Å². The lowest BCUT2D eigenvalue weighted by Gasteiger charge is -2.12. The number of benzene rings is 1. The van der Waals surface area contributed by atoms with Crippen molar-refractivity contribution in [2.75, 3.05) is 29.9 Å². The minimum absolute atomic E-state index is 0.393. The summed E-state index contributed by atoms with van der Waals surface area (Å²) in [6, 6.07) is 8.92. The third-order valence-corrected chi connectivity index (χ3v) is 4.77. The molecule has 126 valence electrons. The topological polar surface area (TPSA) is 74.3 Å². The zero-order valence-electron chi connectivity index (χ0n) is 13.3. The highest BCUT2D eigenvalue weighted by atomic mass is 32.1. The molecule has 6 nitrogen and oxygen atoms in total. The minimum atomic E-state index is -0.655. The third kappa shape index (κ3) is 4.32. The highest BCUT2D eigenvalue weighted by molar-refractivity contribution is 7.13. The van der Waals surface area contributed by atoms with E-state index in [1.807, 2.05) is 11.4 Å². The number of aromatic nitrogens is 1. The van der Waals surface area contributed by atoms with Crippen molar-refractivity contribution in [3.05, 3.63) is 41.4 Å². The predicted molar refractivity (Wildman–Crippen MR) is 95.3 cm³/mol. The highest BCUT2D eigenvalue weighted by Crippen LogP contribution is 2.24. The Morgan fingerprint density at radius 2 is 1.88 bits per heavy atom. The summed E-state index contributed by atoms with van der Waals surface area (Å²) < 4.78 is 0. The van der Waals surface area contributed by atoms with E-state index in [2.05, 4.69) is 20.5 Å². The summed E-state index contributed by atoms with van der Waals surface area (Å²) in [5, 5.41) is 8.26. The van der Waals surface area contributed by atoms with Crippen molar-refractivity contribution < 1.29 is 9.59 Å². The van der Waals surface area contributed by atoms with Gasteiger partial charge in [-0.1, -0.05) is 18.2 Å². The van der Waals surface area contributed by atoms with Gasteiger partial charge in [0.05, 0.1) is 5.69 Å². The lowest BCUT2D eigenvalue weighted by Crippen LogP contribution is -2.36. The lowest BCUT2D eigenvalue weighted by molar-refractivity contribution is -0.136. The van der Waals surface area contributed by atoms with Crippen molar-refractivity contribution in [1.82, 2.24) is 10.3 Å². The summed E-state index contributed by atoms with van der Waals surface area (Å²) in [6.07, 6.45) is 3.07. The molecular formula is C17H20N4O2S. The number of rotatable bonds is 5. The van der Waals surface area contributed by atoms with Gasteiger partial charge in [0, 0.05) is 37.1 Å². The van der Waals surface area contributed by atoms with Gasteiger partial charge in [0.25, 0.3) is 0 Å². The Hall–Kier alpha value is -2.41. The van der Waals surface area contributed by atoms with Crippen LogP contribution < -0.4 is 15.5 Å². The number of anilines is 2. The van der Waals surface area contributed by atoms with Crippen molar-refractivity contribution in [2.45, 2.75) is 19.3 Å². The Morgan fingerprint density at radius 1 is 1.12 bits per heavy atom. The smallest absolute Gasteiger partial charge is 0.313 e. The maximum Gasteiger partial charge on any atom is 0.313 e. The van der Waals surface area contributed by atoms with Gasteiger partial charge < -0.3 is 15.5 Å². The van der Waals surface area contributed by atoms with Crippen molar-refractivity contribution >= 4 is 34.0 Å². The van der Waals surface area contributed by atoms with Crippen LogP contribution in [0.1, 0.15) is 18.5 Å². The van der Waals surface area contributed by atoms with Gasteiger partial charge in [-0.3, -0.25) is 9.59 Å². The van der Waals surface area contributed by atoms with Crippen LogP contribution in [0, 0.1) is 0 Å². The lowest BCUT2D eigenvalue weighted by atomic mass is 10.3. The fourth-order valence-electron chi connectivity index (χ4n) is 2.56. The summed E-state index contributed by atoms with van der Waals surface area (Å²) in [5.74, 6) is -1.29. The molecule has 2 N–H and O–H groups in total. The van der Waals surface area contributed by atoms with Crippen LogP contribution in [0.3, 0.4) is 0 Å². The van der Waals surface area contributed by atoms with E-state index in [4.69, 9.17) is 0 Å². The molecule has 0 spiro atoms. The first-order valence-electron chi connectivity index (χ1n) is 8.06. The maximum absolute atomic E-state index is 11.8. The first kappa shape index (κ1) is 16.4. The molecule has 1 aliphatic heterocycles. The maximum atomic E-state index is 11.8. The minimum Gasteiger partial charge on any atom is -0.348 e. The second kappa shape index (κ2) is 7.92. The van der Waals surface area contributed by atoms with E-state index in [1.54, 1.807) is 35.6 Å². The Labute approximate surface area is 144 Å². The molecule has 2 heterocycles. The Bertz CT molecular complexity index is 696. The van der Waals surface area contributed by atoms with Gasteiger partial charge >= 0.3 is 11.8 Å². The number of nitrogens with one attached hydrogen (secondary N) is 2. The average molecular weight is 344 g/mol. The number of nitrogens with zero attached hydrogens (tertiary/aromatic N) is 2. The van der Waals surface area contributed by atoms with Crippen molar-refractivity contribution in [3.8, 4) is 0 Å². The molecule has 0 bridgehead atoms. The first-order valence-corrected chi connectivity index (χ1v) is 8.94. The molecule has 0 aliphatic carbocycles.